The number of nitrogens with one attached hydrogen (secondary N) is 2. The summed E-state index contributed by atoms with van der Waals surface area (Å²) >= 11 is 5.85. The zero-order chi connectivity index (χ0) is 33.0. The first-order valence-electron chi connectivity index (χ1n) is 13.8. The number of rotatable bonds is 12. The van der Waals surface area contributed by atoms with Gasteiger partial charge in [-0.2, -0.15) is 5.10 Å². The van der Waals surface area contributed by atoms with E-state index in [0.29, 0.717) is 5.52 Å². The third-order valence-electron chi connectivity index (χ3n) is 7.69. The smallest absolute Gasteiger partial charge is 0.409 e. The number of carboxylic acid groups (broad SMARTS) is 1. The summed E-state index contributed by atoms with van der Waals surface area (Å²) in [6.07, 6.45) is -1.30. The molecular weight excluding hydrogens is 611 g/mol. The number of halogens is 2. The van der Waals surface area contributed by atoms with E-state index in [1.165, 1.54) is 39.9 Å². The standard InChI is InChI=1S/C29H38ClFN6O6Si/c1-17(16-43-44(5,6)29(2,3)4)36(14-23(38)33-13-18-8-7-9-21(30)25(18)31)24(39)15-37-22-11-10-19(34-28(41)42)12-20(22)26(35-37)27(32)40/h7-12,17,34H,13-16H2,1-6H3,(H2,32,40)(H,33,38)(H,41,42). The molecule has 15 heteroatoms. The van der Waals surface area contributed by atoms with Gasteiger partial charge in [0.2, 0.25) is 11.8 Å². The number of carbonyl (C=O) groups excluding carboxylic acids is 3. The Bertz CT molecular complexity index is 1570. The summed E-state index contributed by atoms with van der Waals surface area (Å²) in [5.74, 6) is -2.55. The molecule has 5 N–H and O–H groups in total. The van der Waals surface area contributed by atoms with Gasteiger partial charge in [-0.3, -0.25) is 24.4 Å². The summed E-state index contributed by atoms with van der Waals surface area (Å²) in [7, 11) is -2.21. The van der Waals surface area contributed by atoms with Crippen molar-refractivity contribution in [3.05, 3.63) is 58.5 Å². The first kappa shape index (κ1) is 34.5. The van der Waals surface area contributed by atoms with E-state index < -0.39 is 44.0 Å². The molecule has 3 rings (SSSR count). The van der Waals surface area contributed by atoms with Crippen LogP contribution in [0, 0.1) is 5.82 Å². The van der Waals surface area contributed by atoms with Crippen LogP contribution in [-0.4, -0.2) is 71.1 Å². The number of carbonyl (C=O) groups is 4. The van der Waals surface area contributed by atoms with Gasteiger partial charge in [-0.1, -0.05) is 44.5 Å². The number of nitrogens with two attached hydrogens (primary N) is 1. The first-order valence-corrected chi connectivity index (χ1v) is 17.1. The van der Waals surface area contributed by atoms with Crippen LogP contribution in [0.15, 0.2) is 36.4 Å². The van der Waals surface area contributed by atoms with Crippen molar-refractivity contribution in [1.29, 1.82) is 0 Å². The highest BCUT2D eigenvalue weighted by molar-refractivity contribution is 6.74. The molecule has 1 aromatic heterocycles. The van der Waals surface area contributed by atoms with Gasteiger partial charge >= 0.3 is 6.09 Å². The highest BCUT2D eigenvalue weighted by Crippen LogP contribution is 2.36. The van der Waals surface area contributed by atoms with Gasteiger partial charge in [0.1, 0.15) is 12.4 Å². The molecule has 4 amide bonds. The molecule has 0 aliphatic rings. The molecular formula is C29H38ClFN6O6Si. The maximum Gasteiger partial charge on any atom is 0.409 e. The Morgan fingerprint density at radius 3 is 2.50 bits per heavy atom. The molecule has 0 saturated heterocycles. The number of amides is 4. The SMILES string of the molecule is CC(CO[Si](C)(C)C(C)(C)C)N(CC(=O)NCc1cccc(Cl)c1F)C(=O)Cn1nc(C(N)=O)c2cc(NC(=O)O)ccc21. The van der Waals surface area contributed by atoms with Crippen molar-refractivity contribution >= 4 is 60.3 Å². The van der Waals surface area contributed by atoms with Gasteiger partial charge in [0, 0.05) is 23.2 Å². The predicted octanol–water partition coefficient (Wildman–Crippen LogP) is 4.57. The molecule has 1 heterocycles. The molecule has 1 atom stereocenters. The lowest BCUT2D eigenvalue weighted by atomic mass is 10.2. The number of anilines is 1. The van der Waals surface area contributed by atoms with Crippen LogP contribution in [0.4, 0.5) is 14.9 Å². The van der Waals surface area contributed by atoms with Crippen molar-refractivity contribution < 1.29 is 33.1 Å². The maximum absolute atomic E-state index is 14.4. The van der Waals surface area contributed by atoms with Crippen molar-refractivity contribution in [2.45, 2.75) is 65.0 Å². The largest absolute Gasteiger partial charge is 0.465 e. The molecule has 1 unspecified atom stereocenters. The third kappa shape index (κ3) is 8.33. The van der Waals surface area contributed by atoms with Crippen LogP contribution < -0.4 is 16.4 Å². The minimum absolute atomic E-state index is 0.0717. The Hall–Kier alpha value is -4.01. The molecule has 0 saturated carbocycles. The summed E-state index contributed by atoms with van der Waals surface area (Å²) in [5.41, 5.74) is 6.10. The summed E-state index contributed by atoms with van der Waals surface area (Å²) < 4.78 is 22.0. The Kier molecular flexibility index (Phi) is 10.8. The van der Waals surface area contributed by atoms with Crippen molar-refractivity contribution in [3.8, 4) is 0 Å². The fourth-order valence-corrected chi connectivity index (χ4v) is 5.40. The molecule has 0 spiro atoms. The molecule has 2 aromatic carbocycles. The fraction of sp³-hybridized carbons (Fsp3) is 0.414. The van der Waals surface area contributed by atoms with Crippen molar-refractivity contribution in [2.24, 2.45) is 5.73 Å². The minimum atomic E-state index is -2.21. The lowest BCUT2D eigenvalue weighted by molar-refractivity contribution is -0.139. The summed E-state index contributed by atoms with van der Waals surface area (Å²) in [5, 5.41) is 18.2. The molecule has 0 radical (unpaired) electrons. The van der Waals surface area contributed by atoms with E-state index in [4.69, 9.17) is 26.9 Å². The summed E-state index contributed by atoms with van der Waals surface area (Å²) in [6.45, 7) is 11.5. The first-order chi connectivity index (χ1) is 20.4. The number of hydrogen-bond donors (Lipinski definition) is 4. The summed E-state index contributed by atoms with van der Waals surface area (Å²) in [6, 6.07) is 8.28. The van der Waals surface area contributed by atoms with Crippen LogP contribution >= 0.6 is 11.6 Å². The van der Waals surface area contributed by atoms with Gasteiger partial charge in [0.15, 0.2) is 14.0 Å². The molecule has 12 nitrogen and oxygen atoms in total. The second-order valence-electron chi connectivity index (χ2n) is 12.0. The molecule has 238 valence electrons. The van der Waals surface area contributed by atoms with Crippen molar-refractivity contribution in [2.75, 3.05) is 18.5 Å². The van der Waals surface area contributed by atoms with E-state index in [1.807, 2.05) is 0 Å². The number of primary amides is 1. The van der Waals surface area contributed by atoms with E-state index in [2.05, 4.69) is 49.6 Å². The maximum atomic E-state index is 14.4. The second kappa shape index (κ2) is 13.7. The Morgan fingerprint density at radius 1 is 1.20 bits per heavy atom. The van der Waals surface area contributed by atoms with E-state index in [9.17, 15) is 23.6 Å². The number of nitrogens with zero attached hydrogens (tertiary/aromatic N) is 3. The monoisotopic (exact) mass is 648 g/mol. The van der Waals surface area contributed by atoms with Crippen LogP contribution in [0.3, 0.4) is 0 Å². The van der Waals surface area contributed by atoms with E-state index >= 15 is 0 Å². The second-order valence-corrected chi connectivity index (χ2v) is 17.2. The lowest BCUT2D eigenvalue weighted by Gasteiger charge is -2.38. The van der Waals surface area contributed by atoms with E-state index in [0.717, 1.165) is 0 Å². The van der Waals surface area contributed by atoms with Crippen molar-refractivity contribution in [3.63, 3.8) is 0 Å². The number of aromatic nitrogens is 2. The topological polar surface area (TPSA) is 169 Å². The van der Waals surface area contributed by atoms with Gasteiger partial charge in [-0.25, -0.2) is 9.18 Å². The van der Waals surface area contributed by atoms with Gasteiger partial charge in [-0.05, 0) is 49.3 Å². The highest BCUT2D eigenvalue weighted by Gasteiger charge is 2.38. The predicted molar refractivity (Wildman–Crippen MR) is 167 cm³/mol. The zero-order valence-corrected chi connectivity index (χ0v) is 27.3. The normalized spacial score (nSPS) is 12.5. The van der Waals surface area contributed by atoms with E-state index in [1.54, 1.807) is 13.0 Å². The molecule has 0 fully saturated rings. The van der Waals surface area contributed by atoms with Crippen LogP contribution in [0.25, 0.3) is 10.9 Å². The van der Waals surface area contributed by atoms with Gasteiger partial charge in [-0.15, -0.1) is 0 Å². The number of hydrogen-bond acceptors (Lipinski definition) is 6. The summed E-state index contributed by atoms with van der Waals surface area (Å²) in [4.78, 5) is 51.4. The molecule has 44 heavy (non-hydrogen) atoms. The quantitative estimate of drug-likeness (QED) is 0.209. The fourth-order valence-electron chi connectivity index (χ4n) is 4.12. The Labute approximate surface area is 260 Å². The molecule has 0 bridgehead atoms. The van der Waals surface area contributed by atoms with E-state index in [-0.39, 0.29) is 58.6 Å². The van der Waals surface area contributed by atoms with Gasteiger partial charge < -0.3 is 25.5 Å². The van der Waals surface area contributed by atoms with Crippen LogP contribution in [0.2, 0.25) is 23.2 Å². The average molecular weight is 649 g/mol. The minimum Gasteiger partial charge on any atom is -0.465 e. The van der Waals surface area contributed by atoms with Gasteiger partial charge in [0.05, 0.1) is 29.7 Å². The number of fused-ring (bicyclic) bond motifs is 1. The average Bonchev–Trinajstić information content (AvgIpc) is 3.27. The van der Waals surface area contributed by atoms with Crippen molar-refractivity contribution in [1.82, 2.24) is 20.0 Å². The lowest BCUT2D eigenvalue weighted by Crippen LogP contribution is -2.50. The van der Waals surface area contributed by atoms with Crippen LogP contribution in [0.5, 0.6) is 0 Å². The van der Waals surface area contributed by atoms with Gasteiger partial charge in [0.25, 0.3) is 5.91 Å². The zero-order valence-electron chi connectivity index (χ0n) is 25.5. The van der Waals surface area contributed by atoms with Crippen LogP contribution in [-0.2, 0) is 27.1 Å². The molecule has 0 aliphatic carbocycles. The third-order valence-corrected chi connectivity index (χ3v) is 12.5. The Balaban J connectivity index is 1.88. The molecule has 3 aromatic rings. The number of benzene rings is 2. The Morgan fingerprint density at radius 2 is 1.89 bits per heavy atom. The molecule has 0 aliphatic heterocycles. The highest BCUT2D eigenvalue weighted by atomic mass is 35.5. The van der Waals surface area contributed by atoms with Crippen LogP contribution in [0.1, 0.15) is 43.7 Å².